The molecule has 0 aliphatic rings. The van der Waals surface area contributed by atoms with E-state index in [1.54, 1.807) is 6.07 Å². The fourth-order valence-electron chi connectivity index (χ4n) is 1.39. The van der Waals surface area contributed by atoms with E-state index in [-0.39, 0.29) is 11.7 Å². The summed E-state index contributed by atoms with van der Waals surface area (Å²) >= 11 is 0. The fourth-order valence-corrected chi connectivity index (χ4v) is 1.39. The summed E-state index contributed by atoms with van der Waals surface area (Å²) < 4.78 is 5.29. The molecule has 0 aromatic heterocycles. The number of phenols is 1. The van der Waals surface area contributed by atoms with Gasteiger partial charge in [0.15, 0.2) is 11.5 Å². The molecule has 1 N–H and O–H groups in total. The Labute approximate surface area is 90.9 Å². The molecule has 15 heavy (non-hydrogen) atoms. The summed E-state index contributed by atoms with van der Waals surface area (Å²) in [6, 6.07) is 5.48. The zero-order valence-electron chi connectivity index (χ0n) is 9.16. The van der Waals surface area contributed by atoms with Crippen molar-refractivity contribution in [1.29, 1.82) is 0 Å². The number of aromatic hydroxyl groups is 1. The summed E-state index contributed by atoms with van der Waals surface area (Å²) in [7, 11) is 0. The van der Waals surface area contributed by atoms with Gasteiger partial charge in [-0.2, -0.15) is 0 Å². The van der Waals surface area contributed by atoms with Gasteiger partial charge in [-0.3, -0.25) is 0 Å². The van der Waals surface area contributed by atoms with Gasteiger partial charge in [-0.1, -0.05) is 19.1 Å². The van der Waals surface area contributed by atoms with Crippen molar-refractivity contribution in [2.24, 2.45) is 5.92 Å². The molecular weight excluding hydrogens is 188 g/mol. The van der Waals surface area contributed by atoms with E-state index in [0.717, 1.165) is 5.56 Å². The van der Waals surface area contributed by atoms with Crippen LogP contribution in [-0.2, 0) is 6.42 Å². The standard InChI is InChI=1S/C13H16O2/c1-4-10(3)9-11-7-6-8-12(13(11)14)15-5-2/h1,6-8,10,14H,5,9H2,2-3H3. The smallest absolute Gasteiger partial charge is 0.161 e. The predicted molar refractivity (Wildman–Crippen MR) is 61.0 cm³/mol. The van der Waals surface area contributed by atoms with Crippen molar-refractivity contribution in [3.63, 3.8) is 0 Å². The Morgan fingerprint density at radius 3 is 2.87 bits per heavy atom. The first-order chi connectivity index (χ1) is 7.19. The molecule has 1 rings (SSSR count). The van der Waals surface area contributed by atoms with Crippen molar-refractivity contribution in [3.05, 3.63) is 23.8 Å². The summed E-state index contributed by atoms with van der Waals surface area (Å²) in [6.07, 6.45) is 5.97. The highest BCUT2D eigenvalue weighted by atomic mass is 16.5. The highest BCUT2D eigenvalue weighted by molar-refractivity contribution is 5.45. The van der Waals surface area contributed by atoms with E-state index in [0.29, 0.717) is 18.8 Å². The van der Waals surface area contributed by atoms with Crippen LogP contribution in [0.15, 0.2) is 18.2 Å². The second kappa shape index (κ2) is 5.31. The van der Waals surface area contributed by atoms with Gasteiger partial charge in [0.05, 0.1) is 6.61 Å². The summed E-state index contributed by atoms with van der Waals surface area (Å²) in [5.74, 6) is 3.50. The summed E-state index contributed by atoms with van der Waals surface area (Å²) in [5, 5.41) is 9.87. The topological polar surface area (TPSA) is 29.5 Å². The van der Waals surface area contributed by atoms with Gasteiger partial charge in [-0.15, -0.1) is 12.3 Å². The number of hydrogen-bond acceptors (Lipinski definition) is 2. The lowest BCUT2D eigenvalue weighted by atomic mass is 10.0. The first-order valence-electron chi connectivity index (χ1n) is 5.08. The molecule has 0 amide bonds. The van der Waals surface area contributed by atoms with Crippen LogP contribution in [0.5, 0.6) is 11.5 Å². The first kappa shape index (κ1) is 11.5. The third-order valence-electron chi connectivity index (χ3n) is 2.19. The highest BCUT2D eigenvalue weighted by Gasteiger charge is 2.09. The van der Waals surface area contributed by atoms with E-state index in [1.807, 2.05) is 26.0 Å². The molecule has 2 heteroatoms. The minimum Gasteiger partial charge on any atom is -0.504 e. The SMILES string of the molecule is C#CC(C)Cc1cccc(OCC)c1O. The molecule has 0 fully saturated rings. The third-order valence-corrected chi connectivity index (χ3v) is 2.19. The minimum absolute atomic E-state index is 0.118. The second-order valence-electron chi connectivity index (χ2n) is 3.47. The van der Waals surface area contributed by atoms with Crippen LogP contribution in [0.25, 0.3) is 0 Å². The molecule has 2 nitrogen and oxygen atoms in total. The number of phenolic OH excluding ortho intramolecular Hbond substituents is 1. The van der Waals surface area contributed by atoms with Crippen LogP contribution in [0.1, 0.15) is 19.4 Å². The van der Waals surface area contributed by atoms with Gasteiger partial charge in [0.1, 0.15) is 0 Å². The van der Waals surface area contributed by atoms with Crippen LogP contribution >= 0.6 is 0 Å². The Bertz CT molecular complexity index is 363. The fraction of sp³-hybridized carbons (Fsp3) is 0.385. The molecule has 1 aromatic carbocycles. The normalized spacial score (nSPS) is 11.8. The number of terminal acetylenes is 1. The average molecular weight is 204 g/mol. The molecule has 0 bridgehead atoms. The molecule has 0 heterocycles. The van der Waals surface area contributed by atoms with E-state index < -0.39 is 0 Å². The number of para-hydroxylation sites is 1. The monoisotopic (exact) mass is 204 g/mol. The van der Waals surface area contributed by atoms with E-state index in [4.69, 9.17) is 11.2 Å². The molecule has 0 saturated carbocycles. The van der Waals surface area contributed by atoms with Crippen LogP contribution in [0, 0.1) is 18.3 Å². The van der Waals surface area contributed by atoms with Gasteiger partial charge in [-0.05, 0) is 25.0 Å². The number of hydrogen-bond donors (Lipinski definition) is 1. The quantitative estimate of drug-likeness (QED) is 0.764. The number of rotatable bonds is 4. The molecule has 0 aliphatic carbocycles. The van der Waals surface area contributed by atoms with Crippen molar-refractivity contribution >= 4 is 0 Å². The average Bonchev–Trinajstić information content (AvgIpc) is 2.24. The van der Waals surface area contributed by atoms with E-state index >= 15 is 0 Å². The molecule has 1 aromatic rings. The Hall–Kier alpha value is -1.62. The maximum absolute atomic E-state index is 9.87. The maximum atomic E-state index is 9.87. The van der Waals surface area contributed by atoms with Crippen molar-refractivity contribution in [2.45, 2.75) is 20.3 Å². The first-order valence-corrected chi connectivity index (χ1v) is 5.08. The van der Waals surface area contributed by atoms with Crippen molar-refractivity contribution in [2.75, 3.05) is 6.61 Å². The zero-order valence-corrected chi connectivity index (χ0v) is 9.16. The lowest BCUT2D eigenvalue weighted by Gasteiger charge is -2.11. The van der Waals surface area contributed by atoms with Crippen LogP contribution in [0.2, 0.25) is 0 Å². The van der Waals surface area contributed by atoms with E-state index in [1.165, 1.54) is 0 Å². The number of benzene rings is 1. The van der Waals surface area contributed by atoms with Gasteiger partial charge in [0, 0.05) is 5.92 Å². The molecule has 0 aliphatic heterocycles. The van der Waals surface area contributed by atoms with Gasteiger partial charge >= 0.3 is 0 Å². The third kappa shape index (κ3) is 2.92. The molecule has 1 unspecified atom stereocenters. The van der Waals surface area contributed by atoms with E-state index in [2.05, 4.69) is 5.92 Å². The lowest BCUT2D eigenvalue weighted by Crippen LogP contribution is -1.98. The molecule has 0 radical (unpaired) electrons. The van der Waals surface area contributed by atoms with Crippen molar-refractivity contribution < 1.29 is 9.84 Å². The summed E-state index contributed by atoms with van der Waals surface area (Å²) in [6.45, 7) is 4.38. The highest BCUT2D eigenvalue weighted by Crippen LogP contribution is 2.31. The molecule has 0 spiro atoms. The van der Waals surface area contributed by atoms with Crippen molar-refractivity contribution in [3.8, 4) is 23.8 Å². The Kier molecular flexibility index (Phi) is 4.05. The van der Waals surface area contributed by atoms with Crippen molar-refractivity contribution in [1.82, 2.24) is 0 Å². The van der Waals surface area contributed by atoms with Gasteiger partial charge < -0.3 is 9.84 Å². The van der Waals surface area contributed by atoms with Gasteiger partial charge in [0.25, 0.3) is 0 Å². The molecule has 1 atom stereocenters. The number of ether oxygens (including phenoxy) is 1. The Morgan fingerprint density at radius 2 is 2.27 bits per heavy atom. The van der Waals surface area contributed by atoms with Crippen LogP contribution < -0.4 is 4.74 Å². The van der Waals surface area contributed by atoms with Gasteiger partial charge in [0.2, 0.25) is 0 Å². The Morgan fingerprint density at radius 1 is 1.53 bits per heavy atom. The lowest BCUT2D eigenvalue weighted by molar-refractivity contribution is 0.316. The second-order valence-corrected chi connectivity index (χ2v) is 3.47. The summed E-state index contributed by atoms with van der Waals surface area (Å²) in [4.78, 5) is 0. The van der Waals surface area contributed by atoms with Crippen LogP contribution in [-0.4, -0.2) is 11.7 Å². The van der Waals surface area contributed by atoms with Crippen LogP contribution in [0.4, 0.5) is 0 Å². The maximum Gasteiger partial charge on any atom is 0.161 e. The predicted octanol–water partition coefficient (Wildman–Crippen LogP) is 2.60. The molecule has 0 saturated heterocycles. The van der Waals surface area contributed by atoms with Gasteiger partial charge in [-0.25, -0.2) is 0 Å². The minimum atomic E-state index is 0.118. The summed E-state index contributed by atoms with van der Waals surface area (Å²) in [5.41, 5.74) is 0.839. The molecular formula is C13H16O2. The molecule has 80 valence electrons. The van der Waals surface area contributed by atoms with Crippen LogP contribution in [0.3, 0.4) is 0 Å². The largest absolute Gasteiger partial charge is 0.504 e. The zero-order chi connectivity index (χ0) is 11.3. The van der Waals surface area contributed by atoms with E-state index in [9.17, 15) is 5.11 Å². The Balaban J connectivity index is 2.90.